The van der Waals surface area contributed by atoms with Crippen LogP contribution < -0.4 is 23.7 Å². The predicted molar refractivity (Wildman–Crippen MR) is 78.8 cm³/mol. The molecule has 3 aliphatic rings. The van der Waals surface area contributed by atoms with Crippen LogP contribution in [0.3, 0.4) is 0 Å². The second kappa shape index (κ2) is 4.38. The summed E-state index contributed by atoms with van der Waals surface area (Å²) in [6.07, 6.45) is -0.175. The molecule has 3 heterocycles. The molecule has 5 rings (SSSR count). The van der Waals surface area contributed by atoms with Crippen molar-refractivity contribution in [1.82, 2.24) is 0 Å². The van der Waals surface area contributed by atoms with E-state index in [1.165, 1.54) is 7.11 Å². The van der Waals surface area contributed by atoms with Crippen LogP contribution in [0.25, 0.3) is 0 Å². The molecule has 0 fully saturated rings. The van der Waals surface area contributed by atoms with Gasteiger partial charge in [-0.2, -0.15) is 0 Å². The fourth-order valence-corrected chi connectivity index (χ4v) is 3.43. The van der Waals surface area contributed by atoms with Crippen molar-refractivity contribution in [3.8, 4) is 34.5 Å². The molecule has 0 saturated heterocycles. The maximum atomic E-state index is 9.91. The van der Waals surface area contributed by atoms with E-state index in [0.29, 0.717) is 23.9 Å². The summed E-state index contributed by atoms with van der Waals surface area (Å²) >= 11 is 0. The highest BCUT2D eigenvalue weighted by Gasteiger charge is 2.42. The van der Waals surface area contributed by atoms with Crippen molar-refractivity contribution < 1.29 is 28.8 Å². The van der Waals surface area contributed by atoms with E-state index < -0.39 is 0 Å². The maximum absolute atomic E-state index is 9.91. The van der Waals surface area contributed by atoms with Gasteiger partial charge in [0.1, 0.15) is 17.6 Å². The lowest BCUT2D eigenvalue weighted by molar-refractivity contribution is 0.137. The Kier molecular flexibility index (Phi) is 2.43. The Labute approximate surface area is 132 Å². The van der Waals surface area contributed by atoms with Crippen LogP contribution in [-0.4, -0.2) is 25.6 Å². The van der Waals surface area contributed by atoms with Gasteiger partial charge in [-0.3, -0.25) is 0 Å². The SMILES string of the molecule is COc1cc2c(cc1O)OCC1c3cc4c(cc3OC21)OCO4. The van der Waals surface area contributed by atoms with Crippen LogP contribution in [-0.2, 0) is 0 Å². The Bertz CT molecular complexity index is 815. The Hall–Kier alpha value is -2.76. The zero-order valence-electron chi connectivity index (χ0n) is 12.4. The fourth-order valence-electron chi connectivity index (χ4n) is 3.43. The summed E-state index contributed by atoms with van der Waals surface area (Å²) in [5.74, 6) is 3.38. The Balaban J connectivity index is 1.60. The number of phenolic OH excluding ortho intramolecular Hbond substituents is 1. The molecule has 0 spiro atoms. The van der Waals surface area contributed by atoms with Gasteiger partial charge in [0.25, 0.3) is 0 Å². The van der Waals surface area contributed by atoms with Gasteiger partial charge in [0, 0.05) is 23.3 Å². The van der Waals surface area contributed by atoms with Crippen LogP contribution in [0, 0.1) is 0 Å². The van der Waals surface area contributed by atoms with Gasteiger partial charge in [-0.1, -0.05) is 0 Å². The summed E-state index contributed by atoms with van der Waals surface area (Å²) < 4.78 is 28.0. The van der Waals surface area contributed by atoms with Crippen LogP contribution in [0.5, 0.6) is 34.5 Å². The number of methoxy groups -OCH3 is 1. The Morgan fingerprint density at radius 2 is 1.78 bits per heavy atom. The number of aromatic hydroxyl groups is 1. The van der Waals surface area contributed by atoms with Gasteiger partial charge in [-0.05, 0) is 12.1 Å². The third-order valence-corrected chi connectivity index (χ3v) is 4.56. The van der Waals surface area contributed by atoms with Gasteiger partial charge in [-0.25, -0.2) is 0 Å². The molecule has 118 valence electrons. The van der Waals surface area contributed by atoms with Crippen molar-refractivity contribution in [1.29, 1.82) is 0 Å². The molecule has 0 amide bonds. The Morgan fingerprint density at radius 1 is 0.957 bits per heavy atom. The zero-order chi connectivity index (χ0) is 15.6. The first-order valence-corrected chi connectivity index (χ1v) is 7.38. The molecule has 1 N–H and O–H groups in total. The van der Waals surface area contributed by atoms with Crippen molar-refractivity contribution in [2.24, 2.45) is 0 Å². The van der Waals surface area contributed by atoms with E-state index in [1.807, 2.05) is 12.1 Å². The number of phenols is 1. The highest BCUT2D eigenvalue weighted by Crippen LogP contribution is 2.55. The average Bonchev–Trinajstić information content (AvgIpc) is 3.15. The minimum Gasteiger partial charge on any atom is -0.504 e. The van der Waals surface area contributed by atoms with Crippen LogP contribution in [0.15, 0.2) is 24.3 Å². The van der Waals surface area contributed by atoms with Crippen LogP contribution in [0.1, 0.15) is 23.1 Å². The molecular formula is C17H14O6. The van der Waals surface area contributed by atoms with Crippen LogP contribution in [0.2, 0.25) is 0 Å². The summed E-state index contributed by atoms with van der Waals surface area (Å²) in [6, 6.07) is 7.18. The van der Waals surface area contributed by atoms with Crippen molar-refractivity contribution in [2.75, 3.05) is 20.5 Å². The summed E-state index contributed by atoms with van der Waals surface area (Å²) in [4.78, 5) is 0. The molecule has 6 nitrogen and oxygen atoms in total. The summed E-state index contributed by atoms with van der Waals surface area (Å²) in [6.45, 7) is 0.720. The van der Waals surface area contributed by atoms with Crippen molar-refractivity contribution in [2.45, 2.75) is 12.0 Å². The van der Waals surface area contributed by atoms with Gasteiger partial charge in [0.05, 0.1) is 19.6 Å². The van der Waals surface area contributed by atoms with Crippen molar-refractivity contribution in [3.63, 3.8) is 0 Å². The first-order chi connectivity index (χ1) is 11.2. The average molecular weight is 314 g/mol. The first kappa shape index (κ1) is 12.8. The van der Waals surface area contributed by atoms with E-state index >= 15 is 0 Å². The standard InChI is InChI=1S/C17H14O6/c1-19-14-3-9-12(4-11(14)18)20-6-10-8-2-15-16(22-7-21-15)5-13(8)23-17(9)10/h2-5,10,17-18H,6-7H2,1H3. The first-order valence-electron chi connectivity index (χ1n) is 7.38. The molecule has 0 radical (unpaired) electrons. The number of hydrogen-bond donors (Lipinski definition) is 1. The Morgan fingerprint density at radius 3 is 2.61 bits per heavy atom. The van der Waals surface area contributed by atoms with Crippen LogP contribution in [0.4, 0.5) is 0 Å². The molecule has 2 atom stereocenters. The maximum Gasteiger partial charge on any atom is 0.231 e. The third-order valence-electron chi connectivity index (χ3n) is 4.56. The van der Waals surface area contributed by atoms with Crippen molar-refractivity contribution in [3.05, 3.63) is 35.4 Å². The van der Waals surface area contributed by atoms with Gasteiger partial charge < -0.3 is 28.8 Å². The second-order valence-corrected chi connectivity index (χ2v) is 5.76. The molecule has 0 saturated carbocycles. The number of hydrogen-bond acceptors (Lipinski definition) is 6. The van der Waals surface area contributed by atoms with E-state index in [2.05, 4.69) is 0 Å². The molecule has 3 aliphatic heterocycles. The molecule has 0 bridgehead atoms. The molecule has 23 heavy (non-hydrogen) atoms. The normalized spacial score (nSPS) is 22.5. The topological polar surface area (TPSA) is 66.4 Å². The summed E-state index contributed by atoms with van der Waals surface area (Å²) in [7, 11) is 1.52. The summed E-state index contributed by atoms with van der Waals surface area (Å²) in [5.41, 5.74) is 1.92. The van der Waals surface area contributed by atoms with E-state index in [-0.39, 0.29) is 24.6 Å². The van der Waals surface area contributed by atoms with Gasteiger partial charge >= 0.3 is 0 Å². The van der Waals surface area contributed by atoms with E-state index in [4.69, 9.17) is 23.7 Å². The third kappa shape index (κ3) is 1.69. The molecule has 2 aromatic carbocycles. The number of rotatable bonds is 1. The zero-order valence-corrected chi connectivity index (χ0v) is 12.4. The largest absolute Gasteiger partial charge is 0.504 e. The van der Waals surface area contributed by atoms with Crippen molar-refractivity contribution >= 4 is 0 Å². The molecule has 0 aliphatic carbocycles. The minimum absolute atomic E-state index is 0.0565. The van der Waals surface area contributed by atoms with Crippen LogP contribution >= 0.6 is 0 Å². The lowest BCUT2D eigenvalue weighted by atomic mass is 9.89. The highest BCUT2D eigenvalue weighted by molar-refractivity contribution is 5.59. The molecule has 0 aromatic heterocycles. The summed E-state index contributed by atoms with van der Waals surface area (Å²) in [5, 5.41) is 9.91. The van der Waals surface area contributed by atoms with E-state index in [1.54, 1.807) is 12.1 Å². The fraction of sp³-hybridized carbons (Fsp3) is 0.294. The number of fused-ring (bicyclic) bond motifs is 6. The monoisotopic (exact) mass is 314 g/mol. The van der Waals surface area contributed by atoms with Gasteiger partial charge in [0.2, 0.25) is 6.79 Å². The lowest BCUT2D eigenvalue weighted by Crippen LogP contribution is -2.23. The number of benzene rings is 2. The van der Waals surface area contributed by atoms with E-state index in [0.717, 1.165) is 22.6 Å². The molecule has 2 unspecified atom stereocenters. The van der Waals surface area contributed by atoms with Gasteiger partial charge in [0.15, 0.2) is 23.0 Å². The second-order valence-electron chi connectivity index (χ2n) is 5.76. The predicted octanol–water partition coefficient (Wildman–Crippen LogP) is 2.74. The lowest BCUT2D eigenvalue weighted by Gasteiger charge is -2.28. The quantitative estimate of drug-likeness (QED) is 0.873. The number of ether oxygens (including phenoxy) is 5. The molecular weight excluding hydrogens is 300 g/mol. The van der Waals surface area contributed by atoms with E-state index in [9.17, 15) is 5.11 Å². The van der Waals surface area contributed by atoms with Gasteiger partial charge in [-0.15, -0.1) is 0 Å². The molecule has 6 heteroatoms. The highest BCUT2D eigenvalue weighted by atomic mass is 16.7. The molecule has 2 aromatic rings. The minimum atomic E-state index is -0.175. The smallest absolute Gasteiger partial charge is 0.231 e.